The molecule has 1 unspecified atom stereocenters. The van der Waals surface area contributed by atoms with E-state index in [0.29, 0.717) is 11.3 Å². The van der Waals surface area contributed by atoms with Crippen LogP contribution in [0.4, 0.5) is 0 Å². The summed E-state index contributed by atoms with van der Waals surface area (Å²) in [4.78, 5) is 49.5. The van der Waals surface area contributed by atoms with Crippen molar-refractivity contribution in [3.8, 4) is 5.75 Å². The Morgan fingerprint density at radius 2 is 2.11 bits per heavy atom. The van der Waals surface area contributed by atoms with Crippen LogP contribution >= 0.6 is 23.5 Å². The van der Waals surface area contributed by atoms with Crippen LogP contribution in [0, 0.1) is 0 Å². The lowest BCUT2D eigenvalue weighted by Gasteiger charge is -2.49. The molecule has 1 fully saturated rings. The number of aliphatic hydroxyl groups excluding tert-OH is 1. The van der Waals surface area contributed by atoms with Crippen LogP contribution in [0.25, 0.3) is 0 Å². The molecular formula is C20H20N6O8S2. The number of aliphatic carboxylic acids is 2. The number of amides is 2. The van der Waals surface area contributed by atoms with Gasteiger partial charge in [0.25, 0.3) is 11.8 Å². The second-order valence-electron chi connectivity index (χ2n) is 7.63. The Hall–Kier alpha value is -3.63. The standard InChI is InChI=1S/C20H20N6O8S2/c1-34-11-4-2-3-9(5-11)15(29)16(30)21-13-17(31)26-14(19(32)33)10(7-35-18(13)26)8-36-20-22-23-24-25(20)6-12(27)28/h2-5,13,15,18,29H,6-8H2,1H3,(H,21,30)(H,27,28)(H,32,33)/t13?,15-,18-/m1/s1. The van der Waals surface area contributed by atoms with E-state index in [-0.39, 0.29) is 27.9 Å². The van der Waals surface area contributed by atoms with Crippen LogP contribution in [0.2, 0.25) is 0 Å². The van der Waals surface area contributed by atoms with Gasteiger partial charge < -0.3 is 25.4 Å². The Bertz CT molecular complexity index is 1250. The van der Waals surface area contributed by atoms with Gasteiger partial charge in [-0.05, 0) is 33.7 Å². The van der Waals surface area contributed by atoms with E-state index in [1.54, 1.807) is 18.2 Å². The number of hydrogen-bond donors (Lipinski definition) is 4. The number of rotatable bonds is 10. The highest BCUT2D eigenvalue weighted by atomic mass is 32.2. The summed E-state index contributed by atoms with van der Waals surface area (Å²) >= 11 is 2.31. The molecule has 0 saturated carbocycles. The van der Waals surface area contributed by atoms with Gasteiger partial charge in [0.2, 0.25) is 5.16 Å². The van der Waals surface area contributed by atoms with Gasteiger partial charge in [-0.1, -0.05) is 23.9 Å². The number of ether oxygens (including phenoxy) is 1. The van der Waals surface area contributed by atoms with E-state index in [9.17, 15) is 29.4 Å². The third-order valence-electron chi connectivity index (χ3n) is 5.37. The molecule has 190 valence electrons. The summed E-state index contributed by atoms with van der Waals surface area (Å²) in [5.74, 6) is -3.06. The maximum absolute atomic E-state index is 12.8. The monoisotopic (exact) mass is 536 g/mol. The first kappa shape index (κ1) is 25.5. The highest BCUT2D eigenvalue weighted by molar-refractivity contribution is 8.01. The quantitative estimate of drug-likeness (QED) is 0.220. The zero-order chi connectivity index (χ0) is 26.0. The summed E-state index contributed by atoms with van der Waals surface area (Å²) in [5.41, 5.74) is 0.503. The molecule has 4 N–H and O–H groups in total. The van der Waals surface area contributed by atoms with Gasteiger partial charge >= 0.3 is 11.9 Å². The minimum Gasteiger partial charge on any atom is -0.497 e. The van der Waals surface area contributed by atoms with Crippen molar-refractivity contribution >= 4 is 47.3 Å². The van der Waals surface area contributed by atoms with Crippen molar-refractivity contribution in [3.63, 3.8) is 0 Å². The minimum absolute atomic E-state index is 0.108. The van der Waals surface area contributed by atoms with Gasteiger partial charge in [0.1, 0.15) is 29.4 Å². The van der Waals surface area contributed by atoms with E-state index >= 15 is 0 Å². The molecular weight excluding hydrogens is 516 g/mol. The average Bonchev–Trinajstić information content (AvgIpc) is 3.30. The number of fused-ring (bicyclic) bond motifs is 1. The number of thioether (sulfide) groups is 2. The van der Waals surface area contributed by atoms with Crippen LogP contribution in [0.5, 0.6) is 5.75 Å². The molecule has 14 nitrogen and oxygen atoms in total. The summed E-state index contributed by atoms with van der Waals surface area (Å²) < 4.78 is 6.16. The second kappa shape index (κ2) is 10.5. The molecule has 2 aromatic rings. The van der Waals surface area contributed by atoms with Gasteiger partial charge in [-0.2, -0.15) is 0 Å². The number of benzene rings is 1. The fourth-order valence-electron chi connectivity index (χ4n) is 3.67. The zero-order valence-electron chi connectivity index (χ0n) is 18.6. The van der Waals surface area contributed by atoms with Crippen molar-refractivity contribution in [2.24, 2.45) is 0 Å². The highest BCUT2D eigenvalue weighted by Crippen LogP contribution is 2.41. The van der Waals surface area contributed by atoms with Crippen LogP contribution in [0.15, 0.2) is 40.7 Å². The Kier molecular flexibility index (Phi) is 7.46. The first-order chi connectivity index (χ1) is 17.2. The summed E-state index contributed by atoms with van der Waals surface area (Å²) in [6.07, 6.45) is -1.55. The Morgan fingerprint density at radius 3 is 2.81 bits per heavy atom. The summed E-state index contributed by atoms with van der Waals surface area (Å²) in [6, 6.07) is 5.30. The number of β-lactam (4-membered cyclic amide) rings is 1. The first-order valence-corrected chi connectivity index (χ1v) is 12.4. The molecule has 0 bridgehead atoms. The first-order valence-electron chi connectivity index (χ1n) is 10.3. The van der Waals surface area contributed by atoms with Crippen LogP contribution in [0.3, 0.4) is 0 Å². The number of nitrogens with one attached hydrogen (secondary N) is 1. The number of carboxylic acid groups (broad SMARTS) is 2. The maximum atomic E-state index is 12.8. The third-order valence-corrected chi connectivity index (χ3v) is 7.75. The molecule has 2 aliphatic heterocycles. The molecule has 1 aromatic carbocycles. The summed E-state index contributed by atoms with van der Waals surface area (Å²) in [6.45, 7) is -0.454. The number of aromatic nitrogens is 4. The van der Waals surface area contributed by atoms with E-state index in [0.717, 1.165) is 21.3 Å². The number of nitrogens with zero attached hydrogens (tertiary/aromatic N) is 5. The fourth-order valence-corrected chi connectivity index (χ4v) is 6.03. The van der Waals surface area contributed by atoms with Crippen molar-refractivity contribution < 1.29 is 39.2 Å². The van der Waals surface area contributed by atoms with Crippen molar-refractivity contribution in [2.45, 2.75) is 29.2 Å². The molecule has 2 amide bonds. The largest absolute Gasteiger partial charge is 0.497 e. The van der Waals surface area contributed by atoms with E-state index in [1.165, 1.54) is 24.9 Å². The predicted molar refractivity (Wildman–Crippen MR) is 124 cm³/mol. The lowest BCUT2D eigenvalue weighted by Crippen LogP contribution is -2.70. The average molecular weight is 537 g/mol. The van der Waals surface area contributed by atoms with Crippen LogP contribution in [-0.4, -0.2) is 94.2 Å². The molecule has 4 rings (SSSR count). The van der Waals surface area contributed by atoms with Crippen molar-refractivity contribution in [3.05, 3.63) is 41.1 Å². The Morgan fingerprint density at radius 1 is 1.33 bits per heavy atom. The van der Waals surface area contributed by atoms with Crippen LogP contribution in [-0.2, 0) is 25.7 Å². The molecule has 36 heavy (non-hydrogen) atoms. The van der Waals surface area contributed by atoms with Gasteiger partial charge in [-0.25, -0.2) is 9.48 Å². The van der Waals surface area contributed by atoms with Gasteiger partial charge in [0, 0.05) is 11.5 Å². The van der Waals surface area contributed by atoms with E-state index < -0.39 is 47.8 Å². The van der Waals surface area contributed by atoms with Gasteiger partial charge in [-0.15, -0.1) is 16.9 Å². The lowest BCUT2D eigenvalue weighted by molar-refractivity contribution is -0.151. The number of aliphatic hydroxyl groups is 1. The zero-order valence-corrected chi connectivity index (χ0v) is 20.2. The summed E-state index contributed by atoms with van der Waals surface area (Å²) in [5, 5.41) is 42.0. The molecule has 3 atom stereocenters. The molecule has 0 aliphatic carbocycles. The molecule has 0 spiro atoms. The number of methoxy groups -OCH3 is 1. The Balaban J connectivity index is 1.45. The number of carbonyl (C=O) groups excluding carboxylic acids is 2. The minimum atomic E-state index is -1.55. The molecule has 1 aromatic heterocycles. The van der Waals surface area contributed by atoms with Crippen molar-refractivity contribution in [2.75, 3.05) is 18.6 Å². The van der Waals surface area contributed by atoms with Gasteiger partial charge in [0.15, 0.2) is 6.10 Å². The van der Waals surface area contributed by atoms with E-state index in [1.807, 2.05) is 0 Å². The molecule has 1 saturated heterocycles. The van der Waals surface area contributed by atoms with Gasteiger partial charge in [-0.3, -0.25) is 19.3 Å². The predicted octanol–water partition coefficient (Wildman–Crippen LogP) is -0.669. The molecule has 2 aliphatic rings. The Labute approximate surface area is 211 Å². The number of hydrogen-bond acceptors (Lipinski definition) is 11. The van der Waals surface area contributed by atoms with Crippen LogP contribution < -0.4 is 10.1 Å². The number of carboxylic acids is 2. The topological polar surface area (TPSA) is 197 Å². The molecule has 0 radical (unpaired) electrons. The smallest absolute Gasteiger partial charge is 0.352 e. The highest BCUT2D eigenvalue weighted by Gasteiger charge is 2.54. The number of tetrazole rings is 1. The van der Waals surface area contributed by atoms with E-state index in [4.69, 9.17) is 9.84 Å². The van der Waals surface area contributed by atoms with Crippen molar-refractivity contribution in [1.29, 1.82) is 0 Å². The van der Waals surface area contributed by atoms with Crippen molar-refractivity contribution in [1.82, 2.24) is 30.4 Å². The SMILES string of the molecule is COc1cccc([C@@H](O)C(=O)NC2C(=O)N3C(C(=O)O)=C(CSc4nnnn4CC(=O)O)CS[C@H]23)c1. The van der Waals surface area contributed by atoms with E-state index in [2.05, 4.69) is 20.8 Å². The lowest BCUT2D eigenvalue weighted by atomic mass is 10.0. The normalized spacial score (nSPS) is 19.8. The second-order valence-corrected chi connectivity index (χ2v) is 9.68. The third kappa shape index (κ3) is 5.00. The van der Waals surface area contributed by atoms with Crippen LogP contribution in [0.1, 0.15) is 11.7 Å². The van der Waals surface area contributed by atoms with Gasteiger partial charge in [0.05, 0.1) is 7.11 Å². The molecule has 16 heteroatoms. The summed E-state index contributed by atoms with van der Waals surface area (Å²) in [7, 11) is 1.45. The fraction of sp³-hybridized carbons (Fsp3) is 0.350. The molecule has 3 heterocycles. The number of carbonyl (C=O) groups is 4. The maximum Gasteiger partial charge on any atom is 0.352 e.